The molecule has 21 heavy (non-hydrogen) atoms. The van der Waals surface area contributed by atoms with Crippen LogP contribution in [0, 0.1) is 0 Å². The van der Waals surface area contributed by atoms with Gasteiger partial charge in [-0.05, 0) is 6.26 Å². The quantitative estimate of drug-likeness (QED) is 0.701. The van der Waals surface area contributed by atoms with E-state index in [1.807, 2.05) is 6.26 Å². The molecule has 0 saturated carbocycles. The average molecular weight is 313 g/mol. The van der Waals surface area contributed by atoms with Crippen molar-refractivity contribution in [1.29, 1.82) is 0 Å². The van der Waals surface area contributed by atoms with E-state index in [-0.39, 0.29) is 25.5 Å². The first-order valence-electron chi connectivity index (χ1n) is 6.14. The van der Waals surface area contributed by atoms with Crippen molar-refractivity contribution in [3.8, 4) is 0 Å². The summed E-state index contributed by atoms with van der Waals surface area (Å²) < 4.78 is 4.95. The summed E-state index contributed by atoms with van der Waals surface area (Å²) in [5.41, 5.74) is 0. The van der Waals surface area contributed by atoms with Gasteiger partial charge in [0.2, 0.25) is 11.8 Å². The molecule has 2 heterocycles. The van der Waals surface area contributed by atoms with Crippen molar-refractivity contribution in [2.75, 3.05) is 26.4 Å². The van der Waals surface area contributed by atoms with E-state index < -0.39 is 17.8 Å². The second kappa shape index (κ2) is 6.57. The highest BCUT2D eigenvalue weighted by atomic mass is 32.2. The molecule has 0 spiro atoms. The number of imide groups is 1. The molecule has 9 nitrogen and oxygen atoms in total. The Bertz CT molecular complexity index is 561. The molecular formula is C11H15N5O4S. The first-order valence-corrected chi connectivity index (χ1v) is 7.53. The Morgan fingerprint density at radius 1 is 1.48 bits per heavy atom. The van der Waals surface area contributed by atoms with Gasteiger partial charge in [-0.1, -0.05) is 5.16 Å². The van der Waals surface area contributed by atoms with E-state index in [1.54, 1.807) is 11.8 Å². The Labute approximate surface area is 125 Å². The van der Waals surface area contributed by atoms with Crippen molar-refractivity contribution in [2.45, 2.75) is 12.3 Å². The highest BCUT2D eigenvalue weighted by molar-refractivity contribution is 7.97. The lowest BCUT2D eigenvalue weighted by Gasteiger charge is -2.13. The highest BCUT2D eigenvalue weighted by Crippen LogP contribution is 2.07. The fraction of sp³-hybridized carbons (Fsp3) is 0.545. The van der Waals surface area contributed by atoms with E-state index in [9.17, 15) is 14.4 Å². The number of hydrogen-bond acceptors (Lipinski definition) is 7. The zero-order valence-corrected chi connectivity index (χ0v) is 12.5. The van der Waals surface area contributed by atoms with E-state index >= 15 is 0 Å². The van der Waals surface area contributed by atoms with Crippen LogP contribution in [-0.2, 0) is 21.9 Å². The molecule has 1 aliphatic heterocycles. The molecule has 0 radical (unpaired) electrons. The summed E-state index contributed by atoms with van der Waals surface area (Å²) in [5, 5.41) is 6.27. The van der Waals surface area contributed by atoms with Crippen molar-refractivity contribution in [3.63, 3.8) is 0 Å². The van der Waals surface area contributed by atoms with Gasteiger partial charge >= 0.3 is 6.03 Å². The molecule has 2 rings (SSSR count). The van der Waals surface area contributed by atoms with Gasteiger partial charge in [0.05, 0.1) is 12.3 Å². The molecule has 0 aliphatic carbocycles. The fourth-order valence-electron chi connectivity index (χ4n) is 1.75. The topological polar surface area (TPSA) is 109 Å². The van der Waals surface area contributed by atoms with Crippen LogP contribution in [0.3, 0.4) is 0 Å². The first kappa shape index (κ1) is 15.3. The second-order valence-electron chi connectivity index (χ2n) is 4.43. The number of urea groups is 1. The van der Waals surface area contributed by atoms with E-state index in [0.29, 0.717) is 11.6 Å². The summed E-state index contributed by atoms with van der Waals surface area (Å²) >= 11 is 1.56. The maximum absolute atomic E-state index is 11.7. The fourth-order valence-corrected chi connectivity index (χ4v) is 2.12. The third-order valence-corrected chi connectivity index (χ3v) is 3.30. The molecule has 10 heteroatoms. The lowest BCUT2D eigenvalue weighted by molar-refractivity contribution is -0.130. The average Bonchev–Trinajstić information content (AvgIpc) is 2.98. The predicted molar refractivity (Wildman–Crippen MR) is 73.1 cm³/mol. The standard InChI is InChI=1S/C11H15N5O4S/c1-15-5-10(18)16(11(15)19)4-8(17)12-3-9-13-7(6-21-2)14-20-9/h3-6H2,1-2H3,(H,12,17). The molecule has 1 aromatic rings. The van der Waals surface area contributed by atoms with Gasteiger partial charge in [-0.15, -0.1) is 0 Å². The lowest BCUT2D eigenvalue weighted by Crippen LogP contribution is -2.40. The summed E-state index contributed by atoms with van der Waals surface area (Å²) in [5.74, 6) is 0.608. The maximum atomic E-state index is 11.7. The lowest BCUT2D eigenvalue weighted by atomic mass is 10.4. The van der Waals surface area contributed by atoms with Crippen LogP contribution in [0.2, 0.25) is 0 Å². The molecule has 1 aliphatic rings. The minimum absolute atomic E-state index is 0.00613. The zero-order valence-electron chi connectivity index (χ0n) is 11.7. The van der Waals surface area contributed by atoms with Crippen molar-refractivity contribution in [2.24, 2.45) is 0 Å². The van der Waals surface area contributed by atoms with Crippen molar-refractivity contribution < 1.29 is 18.9 Å². The number of nitrogens with one attached hydrogen (secondary N) is 1. The summed E-state index contributed by atoms with van der Waals surface area (Å²) in [7, 11) is 1.50. The van der Waals surface area contributed by atoms with E-state index in [4.69, 9.17) is 4.52 Å². The second-order valence-corrected chi connectivity index (χ2v) is 5.30. The van der Waals surface area contributed by atoms with Crippen LogP contribution < -0.4 is 5.32 Å². The van der Waals surface area contributed by atoms with Crippen LogP contribution in [-0.4, -0.2) is 64.2 Å². The van der Waals surface area contributed by atoms with Crippen LogP contribution in [0.4, 0.5) is 4.79 Å². The molecule has 1 N–H and O–H groups in total. The molecule has 1 fully saturated rings. The third kappa shape index (κ3) is 3.72. The Kier molecular flexibility index (Phi) is 4.78. The SMILES string of the molecule is CSCc1noc(CNC(=O)CN2C(=O)CN(C)C2=O)n1. The predicted octanol–water partition coefficient (Wildman–Crippen LogP) is -0.557. The van der Waals surface area contributed by atoms with E-state index in [2.05, 4.69) is 15.5 Å². The highest BCUT2D eigenvalue weighted by Gasteiger charge is 2.34. The summed E-state index contributed by atoms with van der Waals surface area (Å²) in [4.78, 5) is 41.1. The van der Waals surface area contributed by atoms with Gasteiger partial charge in [0.25, 0.3) is 5.91 Å². The molecule has 0 aromatic carbocycles. The van der Waals surface area contributed by atoms with Gasteiger partial charge < -0.3 is 14.7 Å². The van der Waals surface area contributed by atoms with Gasteiger partial charge in [-0.2, -0.15) is 16.7 Å². The number of likely N-dealkylation sites (N-methyl/N-ethyl adjacent to an activating group) is 1. The minimum Gasteiger partial charge on any atom is -0.345 e. The van der Waals surface area contributed by atoms with Gasteiger partial charge in [0, 0.05) is 7.05 Å². The van der Waals surface area contributed by atoms with Crippen LogP contribution in [0.5, 0.6) is 0 Å². The third-order valence-electron chi connectivity index (χ3n) is 2.75. The van der Waals surface area contributed by atoms with Crippen LogP contribution in [0.1, 0.15) is 11.7 Å². The number of rotatable bonds is 6. The number of hydrogen-bond donors (Lipinski definition) is 1. The first-order chi connectivity index (χ1) is 10.0. The van der Waals surface area contributed by atoms with E-state index in [0.717, 1.165) is 4.90 Å². The number of carbonyl (C=O) groups excluding carboxylic acids is 3. The maximum Gasteiger partial charge on any atom is 0.327 e. The van der Waals surface area contributed by atoms with Gasteiger partial charge in [0.15, 0.2) is 5.82 Å². The molecule has 0 unspecified atom stereocenters. The molecular weight excluding hydrogens is 298 g/mol. The number of thioether (sulfide) groups is 1. The molecule has 0 atom stereocenters. The van der Waals surface area contributed by atoms with Crippen molar-refractivity contribution in [1.82, 2.24) is 25.3 Å². The minimum atomic E-state index is -0.477. The molecule has 114 valence electrons. The summed E-state index contributed by atoms with van der Waals surface area (Å²) in [6, 6.07) is -0.477. The number of carbonyl (C=O) groups is 3. The largest absolute Gasteiger partial charge is 0.345 e. The molecule has 0 bridgehead atoms. The summed E-state index contributed by atoms with van der Waals surface area (Å²) in [6.45, 7) is -0.256. The number of aromatic nitrogens is 2. The Hall–Kier alpha value is -2.10. The Morgan fingerprint density at radius 3 is 2.86 bits per heavy atom. The van der Waals surface area contributed by atoms with Crippen molar-refractivity contribution >= 4 is 29.6 Å². The van der Waals surface area contributed by atoms with Crippen LogP contribution >= 0.6 is 11.8 Å². The van der Waals surface area contributed by atoms with Gasteiger partial charge in [-0.3, -0.25) is 14.5 Å². The Balaban J connectivity index is 1.82. The number of amides is 4. The van der Waals surface area contributed by atoms with E-state index in [1.165, 1.54) is 11.9 Å². The smallest absolute Gasteiger partial charge is 0.327 e. The van der Waals surface area contributed by atoms with Crippen LogP contribution in [0.25, 0.3) is 0 Å². The monoisotopic (exact) mass is 313 g/mol. The summed E-state index contributed by atoms with van der Waals surface area (Å²) in [6.07, 6.45) is 1.92. The van der Waals surface area contributed by atoms with Crippen LogP contribution in [0.15, 0.2) is 4.52 Å². The molecule has 1 saturated heterocycles. The zero-order chi connectivity index (χ0) is 15.4. The normalized spacial score (nSPS) is 15.0. The van der Waals surface area contributed by atoms with Crippen molar-refractivity contribution in [3.05, 3.63) is 11.7 Å². The Morgan fingerprint density at radius 2 is 2.24 bits per heavy atom. The van der Waals surface area contributed by atoms with Gasteiger partial charge in [-0.25, -0.2) is 4.79 Å². The molecule has 1 aromatic heterocycles. The number of nitrogens with zero attached hydrogens (tertiary/aromatic N) is 4. The molecule has 4 amide bonds. The van der Waals surface area contributed by atoms with Gasteiger partial charge in [0.1, 0.15) is 13.1 Å².